The van der Waals surface area contributed by atoms with E-state index in [9.17, 15) is 9.59 Å². The first-order valence-corrected chi connectivity index (χ1v) is 14.5. The van der Waals surface area contributed by atoms with Crippen LogP contribution in [-0.4, -0.2) is 40.3 Å². The van der Waals surface area contributed by atoms with Crippen LogP contribution >= 0.6 is 11.3 Å². The van der Waals surface area contributed by atoms with Crippen LogP contribution < -0.4 is 5.56 Å². The number of rotatable bonds is 6. The summed E-state index contributed by atoms with van der Waals surface area (Å²) in [5, 5.41) is 0. The summed E-state index contributed by atoms with van der Waals surface area (Å²) < 4.78 is 0. The number of hydrogen-bond donors (Lipinski definition) is 1. The predicted molar refractivity (Wildman–Crippen MR) is 152 cm³/mol. The number of pyridine rings is 1. The number of aromatic nitrogens is 1. The van der Waals surface area contributed by atoms with Gasteiger partial charge in [0.15, 0.2) is 0 Å². The van der Waals surface area contributed by atoms with Gasteiger partial charge in [0, 0.05) is 34.1 Å². The fraction of sp³-hybridized carbons (Fsp3) is 0.484. The lowest BCUT2D eigenvalue weighted by Crippen LogP contribution is -2.35. The van der Waals surface area contributed by atoms with Crippen molar-refractivity contribution in [2.45, 2.75) is 72.4 Å². The zero-order valence-corrected chi connectivity index (χ0v) is 23.4. The molecular weight excluding hydrogens is 478 g/mol. The molecule has 1 N–H and O–H groups in total. The second-order valence-corrected chi connectivity index (χ2v) is 12.2. The van der Waals surface area contributed by atoms with Gasteiger partial charge in [-0.2, -0.15) is 0 Å². The van der Waals surface area contributed by atoms with E-state index in [-0.39, 0.29) is 11.5 Å². The van der Waals surface area contributed by atoms with Crippen molar-refractivity contribution in [3.8, 4) is 0 Å². The normalized spacial score (nSPS) is 18.1. The average molecular weight is 518 g/mol. The Morgan fingerprint density at radius 2 is 1.76 bits per heavy atom. The number of hydrogen-bond acceptors (Lipinski definition) is 4. The minimum Gasteiger partial charge on any atom is -0.334 e. The minimum absolute atomic E-state index is 0.0790. The molecule has 2 aliphatic heterocycles. The summed E-state index contributed by atoms with van der Waals surface area (Å²) in [7, 11) is 0. The Hall–Kier alpha value is -2.70. The van der Waals surface area contributed by atoms with E-state index in [4.69, 9.17) is 0 Å². The van der Waals surface area contributed by atoms with Gasteiger partial charge in [-0.3, -0.25) is 14.5 Å². The maximum Gasteiger partial charge on any atom is 0.255 e. The number of thiophene rings is 1. The van der Waals surface area contributed by atoms with Gasteiger partial charge in [0.05, 0.1) is 12.1 Å². The third kappa shape index (κ3) is 5.46. The molecule has 0 bridgehead atoms. The number of carbonyl (C=O) groups is 1. The van der Waals surface area contributed by atoms with Crippen molar-refractivity contribution in [2.24, 2.45) is 5.92 Å². The molecule has 0 saturated carbocycles. The zero-order chi connectivity index (χ0) is 26.1. The highest BCUT2D eigenvalue weighted by Gasteiger charge is 2.33. The highest BCUT2D eigenvalue weighted by molar-refractivity contribution is 7.12. The quantitative estimate of drug-likeness (QED) is 0.439. The smallest absolute Gasteiger partial charge is 0.255 e. The lowest BCUT2D eigenvalue weighted by Gasteiger charge is -2.35. The fourth-order valence-electron chi connectivity index (χ4n) is 6.26. The number of fused-ring (bicyclic) bond motifs is 1. The maximum atomic E-state index is 13.8. The second kappa shape index (κ2) is 11.0. The first-order chi connectivity index (χ1) is 17.8. The molecule has 196 valence electrons. The molecule has 5 rings (SSSR count). The Morgan fingerprint density at radius 3 is 2.46 bits per heavy atom. The van der Waals surface area contributed by atoms with Crippen molar-refractivity contribution in [2.75, 3.05) is 19.6 Å². The van der Waals surface area contributed by atoms with Gasteiger partial charge >= 0.3 is 0 Å². The number of H-pyrrole nitrogens is 1. The summed E-state index contributed by atoms with van der Waals surface area (Å²) in [5.41, 5.74) is 5.90. The molecule has 3 aromatic rings. The number of aromatic amines is 1. The van der Waals surface area contributed by atoms with Crippen molar-refractivity contribution in [1.29, 1.82) is 0 Å². The molecule has 0 unspecified atom stereocenters. The summed E-state index contributed by atoms with van der Waals surface area (Å²) in [4.78, 5) is 36.4. The number of carbonyl (C=O) groups excluding carboxylic acids is 1. The molecule has 0 radical (unpaired) electrons. The van der Waals surface area contributed by atoms with E-state index in [0.717, 1.165) is 49.3 Å². The molecule has 0 spiro atoms. The number of nitrogens with one attached hydrogen (secondary N) is 1. The van der Waals surface area contributed by atoms with Crippen LogP contribution in [0.3, 0.4) is 0 Å². The lowest BCUT2D eigenvalue weighted by atomic mass is 9.83. The van der Waals surface area contributed by atoms with E-state index >= 15 is 0 Å². The Kier molecular flexibility index (Phi) is 7.68. The molecule has 1 amide bonds. The Balaban J connectivity index is 1.30. The van der Waals surface area contributed by atoms with Crippen molar-refractivity contribution >= 4 is 17.2 Å². The highest BCUT2D eigenvalue weighted by atomic mass is 32.1. The lowest BCUT2D eigenvalue weighted by molar-refractivity contribution is 0.0747. The molecule has 2 aliphatic rings. The van der Waals surface area contributed by atoms with E-state index < -0.39 is 0 Å². The highest BCUT2D eigenvalue weighted by Crippen LogP contribution is 2.42. The van der Waals surface area contributed by atoms with Gasteiger partial charge in [-0.05, 0) is 94.1 Å². The van der Waals surface area contributed by atoms with E-state index in [1.165, 1.54) is 33.7 Å². The van der Waals surface area contributed by atoms with Gasteiger partial charge in [-0.25, -0.2) is 0 Å². The molecule has 4 heterocycles. The van der Waals surface area contributed by atoms with Crippen molar-refractivity contribution in [3.63, 3.8) is 0 Å². The molecule has 37 heavy (non-hydrogen) atoms. The molecule has 1 atom stereocenters. The molecule has 1 aromatic carbocycles. The molecule has 0 aliphatic carbocycles. The summed E-state index contributed by atoms with van der Waals surface area (Å²) >= 11 is 1.87. The van der Waals surface area contributed by atoms with Crippen LogP contribution in [0.4, 0.5) is 0 Å². The molecule has 1 saturated heterocycles. The van der Waals surface area contributed by atoms with Crippen molar-refractivity contribution < 1.29 is 4.79 Å². The predicted octanol–water partition coefficient (Wildman–Crippen LogP) is 5.97. The number of benzene rings is 1. The summed E-state index contributed by atoms with van der Waals surface area (Å²) in [6, 6.07) is 12.7. The van der Waals surface area contributed by atoms with E-state index in [1.54, 1.807) is 0 Å². The first-order valence-electron chi connectivity index (χ1n) is 13.7. The number of piperidine rings is 1. The van der Waals surface area contributed by atoms with Crippen LogP contribution in [0.5, 0.6) is 0 Å². The van der Waals surface area contributed by atoms with E-state index in [0.29, 0.717) is 30.5 Å². The standard InChI is InChI=1S/C31H39N3O2S/c1-20-17-21(2)32-30(35)26(20)19-34-14-8-11-27-28(31(34)36)23(4)29(37-27)22(3)25-12-15-33(16-13-25)18-24-9-6-5-7-10-24/h5-7,9-10,17,22,25H,8,11-16,18-19H2,1-4H3,(H,32,35)/t22-/m1/s1. The summed E-state index contributed by atoms with van der Waals surface area (Å²) in [6.45, 7) is 12.7. The molecule has 6 heteroatoms. The van der Waals surface area contributed by atoms with Crippen LogP contribution in [0.15, 0.2) is 41.2 Å². The van der Waals surface area contributed by atoms with E-state index in [1.807, 2.05) is 36.2 Å². The van der Waals surface area contributed by atoms with E-state index in [2.05, 4.69) is 54.1 Å². The van der Waals surface area contributed by atoms with Gasteiger partial charge in [-0.15, -0.1) is 11.3 Å². The monoisotopic (exact) mass is 517 g/mol. The first kappa shape index (κ1) is 25.9. The van der Waals surface area contributed by atoms with Gasteiger partial charge in [0.25, 0.3) is 11.5 Å². The third-order valence-corrected chi connectivity index (χ3v) is 9.99. The SMILES string of the molecule is Cc1cc(C)c(CN2CCCc3sc([C@H](C)C4CCN(Cc5ccccc5)CC4)c(C)c3C2=O)c(=O)[nH]1. The fourth-order valence-corrected chi connectivity index (χ4v) is 7.75. The van der Waals surface area contributed by atoms with Crippen LogP contribution in [0.25, 0.3) is 0 Å². The largest absolute Gasteiger partial charge is 0.334 e. The topological polar surface area (TPSA) is 56.4 Å². The molecular formula is C31H39N3O2S. The zero-order valence-electron chi connectivity index (χ0n) is 22.6. The molecule has 5 nitrogen and oxygen atoms in total. The van der Waals surface area contributed by atoms with Crippen LogP contribution in [0.1, 0.15) is 80.2 Å². The number of nitrogens with zero attached hydrogens (tertiary/aromatic N) is 2. The van der Waals surface area contributed by atoms with Crippen LogP contribution in [-0.2, 0) is 19.5 Å². The Bertz CT molecular complexity index is 1320. The Morgan fingerprint density at radius 1 is 1.03 bits per heavy atom. The average Bonchev–Trinajstić information content (AvgIpc) is 3.12. The number of aryl methyl sites for hydroxylation is 3. The Labute approximate surface area is 224 Å². The molecule has 2 aromatic heterocycles. The second-order valence-electron chi connectivity index (χ2n) is 11.1. The third-order valence-electron chi connectivity index (χ3n) is 8.43. The van der Waals surface area contributed by atoms with Crippen LogP contribution in [0, 0.1) is 26.7 Å². The number of amides is 1. The van der Waals surface area contributed by atoms with Gasteiger partial charge in [0.1, 0.15) is 0 Å². The number of likely N-dealkylation sites (tertiary alicyclic amines) is 1. The van der Waals surface area contributed by atoms with Gasteiger partial charge < -0.3 is 9.88 Å². The van der Waals surface area contributed by atoms with Crippen molar-refractivity contribution in [3.05, 3.63) is 90.0 Å². The van der Waals surface area contributed by atoms with Gasteiger partial charge in [0.2, 0.25) is 0 Å². The molecule has 1 fully saturated rings. The summed E-state index contributed by atoms with van der Waals surface area (Å²) in [6.07, 6.45) is 4.28. The minimum atomic E-state index is -0.0790. The summed E-state index contributed by atoms with van der Waals surface area (Å²) in [5.74, 6) is 1.20. The maximum absolute atomic E-state index is 13.8. The van der Waals surface area contributed by atoms with Crippen LogP contribution in [0.2, 0.25) is 0 Å². The van der Waals surface area contributed by atoms with Crippen molar-refractivity contribution in [1.82, 2.24) is 14.8 Å². The van der Waals surface area contributed by atoms with Gasteiger partial charge in [-0.1, -0.05) is 37.3 Å².